The van der Waals surface area contributed by atoms with Gasteiger partial charge in [0.2, 0.25) is 5.88 Å². The molecule has 0 fully saturated rings. The number of fused-ring (bicyclic) bond motifs is 1. The molecule has 2 aromatic heterocycles. The van der Waals surface area contributed by atoms with E-state index in [1.165, 1.54) is 11.3 Å². The minimum absolute atomic E-state index is 0.434. The third kappa shape index (κ3) is 2.27. The van der Waals surface area contributed by atoms with E-state index < -0.39 is 0 Å². The summed E-state index contributed by atoms with van der Waals surface area (Å²) in [5.41, 5.74) is 1.63. The molecule has 4 nitrogen and oxygen atoms in total. The molecule has 0 spiro atoms. The standard InChI is InChI=1S/C12H8ClN3OS/c13-5-8-6-15-12(18-8)17-11-7-14-9-3-1-2-4-10(9)16-11/h1-4,6-7H,5H2. The second-order valence-electron chi connectivity index (χ2n) is 3.53. The maximum absolute atomic E-state index is 5.71. The summed E-state index contributed by atoms with van der Waals surface area (Å²) in [7, 11) is 0. The van der Waals surface area contributed by atoms with Crippen LogP contribution in [-0.2, 0) is 5.88 Å². The molecule has 6 heteroatoms. The number of ether oxygens (including phenoxy) is 1. The third-order valence-corrected chi connectivity index (χ3v) is 3.60. The van der Waals surface area contributed by atoms with Crippen molar-refractivity contribution >= 4 is 34.0 Å². The van der Waals surface area contributed by atoms with Crippen LogP contribution in [0, 0.1) is 0 Å². The van der Waals surface area contributed by atoms with Crippen molar-refractivity contribution in [2.45, 2.75) is 5.88 Å². The number of thiazole rings is 1. The van der Waals surface area contributed by atoms with Crippen molar-refractivity contribution in [3.63, 3.8) is 0 Å². The van der Waals surface area contributed by atoms with Gasteiger partial charge in [-0.25, -0.2) is 15.0 Å². The number of halogens is 1. The molecule has 0 unspecified atom stereocenters. The average molecular weight is 278 g/mol. The summed E-state index contributed by atoms with van der Waals surface area (Å²) in [4.78, 5) is 13.7. The molecule has 0 radical (unpaired) electrons. The minimum Gasteiger partial charge on any atom is -0.410 e. The quantitative estimate of drug-likeness (QED) is 0.686. The maximum atomic E-state index is 5.71. The highest BCUT2D eigenvalue weighted by Gasteiger charge is 2.06. The summed E-state index contributed by atoms with van der Waals surface area (Å²) < 4.78 is 5.54. The van der Waals surface area contributed by atoms with Crippen molar-refractivity contribution in [2.24, 2.45) is 0 Å². The number of benzene rings is 1. The first-order chi connectivity index (χ1) is 8.85. The Morgan fingerprint density at radius 1 is 1.11 bits per heavy atom. The van der Waals surface area contributed by atoms with Gasteiger partial charge >= 0.3 is 0 Å². The first-order valence-electron chi connectivity index (χ1n) is 5.25. The van der Waals surface area contributed by atoms with Gasteiger partial charge in [-0.05, 0) is 12.1 Å². The fraction of sp³-hybridized carbons (Fsp3) is 0.0833. The van der Waals surface area contributed by atoms with Crippen LogP contribution in [0.5, 0.6) is 11.1 Å². The van der Waals surface area contributed by atoms with Crippen molar-refractivity contribution in [1.29, 1.82) is 0 Å². The highest BCUT2D eigenvalue weighted by Crippen LogP contribution is 2.26. The van der Waals surface area contributed by atoms with E-state index in [0.29, 0.717) is 17.0 Å². The molecule has 0 N–H and O–H groups in total. The van der Waals surface area contributed by atoms with Gasteiger partial charge in [-0.2, -0.15) is 0 Å². The van der Waals surface area contributed by atoms with Gasteiger partial charge in [0.15, 0.2) is 0 Å². The van der Waals surface area contributed by atoms with Crippen LogP contribution in [0.3, 0.4) is 0 Å². The predicted molar refractivity (Wildman–Crippen MR) is 71.3 cm³/mol. The lowest BCUT2D eigenvalue weighted by Gasteiger charge is -2.01. The summed E-state index contributed by atoms with van der Waals surface area (Å²) in [6.07, 6.45) is 3.28. The van der Waals surface area contributed by atoms with E-state index >= 15 is 0 Å². The van der Waals surface area contributed by atoms with Crippen LogP contribution in [0.15, 0.2) is 36.7 Å². The molecule has 0 saturated carbocycles. The van der Waals surface area contributed by atoms with Crippen molar-refractivity contribution in [3.05, 3.63) is 41.5 Å². The molecule has 90 valence electrons. The Balaban J connectivity index is 1.90. The van der Waals surface area contributed by atoms with E-state index in [1.54, 1.807) is 12.4 Å². The molecule has 0 atom stereocenters. The molecular formula is C12H8ClN3OS. The van der Waals surface area contributed by atoms with Gasteiger partial charge in [0.25, 0.3) is 5.19 Å². The topological polar surface area (TPSA) is 47.9 Å². The highest BCUT2D eigenvalue weighted by molar-refractivity contribution is 7.13. The molecule has 0 amide bonds. The zero-order valence-electron chi connectivity index (χ0n) is 9.21. The SMILES string of the molecule is ClCc1cnc(Oc2cnc3ccccc3n2)s1. The van der Waals surface area contributed by atoms with Gasteiger partial charge < -0.3 is 4.74 Å². The fourth-order valence-electron chi connectivity index (χ4n) is 1.48. The second kappa shape index (κ2) is 4.88. The molecule has 0 bridgehead atoms. The average Bonchev–Trinajstić information content (AvgIpc) is 2.86. The lowest BCUT2D eigenvalue weighted by atomic mass is 10.3. The summed E-state index contributed by atoms with van der Waals surface area (Å²) >= 11 is 7.11. The van der Waals surface area contributed by atoms with Crippen molar-refractivity contribution < 1.29 is 4.74 Å². The molecule has 18 heavy (non-hydrogen) atoms. The Labute approximate surface area is 112 Å². The van der Waals surface area contributed by atoms with E-state index in [1.807, 2.05) is 24.3 Å². The number of hydrogen-bond acceptors (Lipinski definition) is 5. The first kappa shape index (κ1) is 11.4. The number of alkyl halides is 1. The van der Waals surface area contributed by atoms with Gasteiger partial charge in [0, 0.05) is 11.1 Å². The summed E-state index contributed by atoms with van der Waals surface area (Å²) in [5, 5.41) is 0.523. The van der Waals surface area contributed by atoms with E-state index in [9.17, 15) is 0 Å². The molecule has 2 heterocycles. The Kier molecular flexibility index (Phi) is 3.08. The van der Waals surface area contributed by atoms with E-state index in [2.05, 4.69) is 15.0 Å². The van der Waals surface area contributed by atoms with E-state index in [4.69, 9.17) is 16.3 Å². The highest BCUT2D eigenvalue weighted by atomic mass is 35.5. The van der Waals surface area contributed by atoms with E-state index in [-0.39, 0.29) is 0 Å². The number of nitrogens with zero attached hydrogens (tertiary/aromatic N) is 3. The Morgan fingerprint density at radius 2 is 1.94 bits per heavy atom. The van der Waals surface area contributed by atoms with Crippen molar-refractivity contribution in [3.8, 4) is 11.1 Å². The Hall–Kier alpha value is -1.72. The van der Waals surface area contributed by atoms with Gasteiger partial charge in [0.1, 0.15) is 0 Å². The molecule has 0 aliphatic heterocycles. The smallest absolute Gasteiger partial charge is 0.280 e. The molecule has 0 aliphatic carbocycles. The monoisotopic (exact) mass is 277 g/mol. The van der Waals surface area contributed by atoms with Crippen molar-refractivity contribution in [2.75, 3.05) is 0 Å². The second-order valence-corrected chi connectivity index (χ2v) is 4.87. The van der Waals surface area contributed by atoms with Gasteiger partial charge in [-0.1, -0.05) is 23.5 Å². The van der Waals surface area contributed by atoms with E-state index in [0.717, 1.165) is 15.9 Å². The van der Waals surface area contributed by atoms with Gasteiger partial charge in [-0.15, -0.1) is 11.6 Å². The van der Waals surface area contributed by atoms with Crippen LogP contribution in [0.1, 0.15) is 4.88 Å². The molecule has 1 aromatic carbocycles. The van der Waals surface area contributed by atoms with Crippen LogP contribution in [0.25, 0.3) is 11.0 Å². The fourth-order valence-corrected chi connectivity index (χ4v) is 2.33. The van der Waals surface area contributed by atoms with Gasteiger partial charge in [0.05, 0.1) is 23.1 Å². The van der Waals surface area contributed by atoms with Crippen LogP contribution in [0.2, 0.25) is 0 Å². The Bertz CT molecular complexity index is 686. The van der Waals surface area contributed by atoms with Crippen LogP contribution >= 0.6 is 22.9 Å². The molecule has 3 rings (SSSR count). The number of para-hydroxylation sites is 2. The minimum atomic E-state index is 0.434. The third-order valence-electron chi connectivity index (χ3n) is 2.28. The lowest BCUT2D eigenvalue weighted by molar-refractivity contribution is 0.459. The zero-order chi connectivity index (χ0) is 12.4. The van der Waals surface area contributed by atoms with Crippen LogP contribution in [0.4, 0.5) is 0 Å². The largest absolute Gasteiger partial charge is 0.410 e. The molecule has 0 aliphatic rings. The lowest BCUT2D eigenvalue weighted by Crippen LogP contribution is -1.89. The number of rotatable bonds is 3. The van der Waals surface area contributed by atoms with Crippen LogP contribution < -0.4 is 4.74 Å². The zero-order valence-corrected chi connectivity index (χ0v) is 10.8. The molecule has 3 aromatic rings. The molecule has 0 saturated heterocycles. The predicted octanol–water partition coefficient (Wildman–Crippen LogP) is 3.62. The normalized spacial score (nSPS) is 10.7. The first-order valence-corrected chi connectivity index (χ1v) is 6.60. The van der Waals surface area contributed by atoms with Gasteiger partial charge in [-0.3, -0.25) is 0 Å². The molecular weight excluding hydrogens is 270 g/mol. The number of aromatic nitrogens is 3. The summed E-state index contributed by atoms with van der Waals surface area (Å²) in [6, 6.07) is 7.63. The van der Waals surface area contributed by atoms with Crippen molar-refractivity contribution in [1.82, 2.24) is 15.0 Å². The summed E-state index contributed by atoms with van der Waals surface area (Å²) in [6.45, 7) is 0. The maximum Gasteiger partial charge on any atom is 0.280 e. The Morgan fingerprint density at radius 3 is 2.72 bits per heavy atom. The summed E-state index contributed by atoms with van der Waals surface area (Å²) in [5.74, 6) is 0.869. The number of hydrogen-bond donors (Lipinski definition) is 0. The van der Waals surface area contributed by atoms with Crippen LogP contribution in [-0.4, -0.2) is 15.0 Å².